The van der Waals surface area contributed by atoms with Crippen molar-refractivity contribution in [2.24, 2.45) is 11.8 Å². The van der Waals surface area contributed by atoms with Crippen LogP contribution in [0.5, 0.6) is 0 Å². The highest BCUT2D eigenvalue weighted by Gasteiger charge is 2.28. The molecule has 0 spiro atoms. The van der Waals surface area contributed by atoms with E-state index in [0.29, 0.717) is 16.8 Å². The van der Waals surface area contributed by atoms with Crippen LogP contribution in [0.2, 0.25) is 0 Å². The second-order valence-electron chi connectivity index (χ2n) is 5.21. The van der Waals surface area contributed by atoms with E-state index in [2.05, 4.69) is 22.9 Å². The van der Waals surface area contributed by atoms with Crippen molar-refractivity contribution < 1.29 is 9.18 Å². The van der Waals surface area contributed by atoms with Crippen molar-refractivity contribution in [1.29, 1.82) is 0 Å². The summed E-state index contributed by atoms with van der Waals surface area (Å²) in [4.78, 5) is 12.2. The summed E-state index contributed by atoms with van der Waals surface area (Å²) in [5.41, 5.74) is 0.770. The lowest BCUT2D eigenvalue weighted by Gasteiger charge is -2.09. The average molecular weight is 313 g/mol. The number of ketones is 1. The zero-order chi connectivity index (χ0) is 13.1. The highest BCUT2D eigenvalue weighted by Crippen LogP contribution is 2.34. The normalized spacial score (nSPS) is 23.3. The van der Waals surface area contributed by atoms with Gasteiger partial charge in [-0.05, 0) is 48.9 Å². The molecule has 1 fully saturated rings. The van der Waals surface area contributed by atoms with Crippen LogP contribution in [0, 0.1) is 17.7 Å². The quantitative estimate of drug-likeness (QED) is 0.798. The Morgan fingerprint density at radius 2 is 2.17 bits per heavy atom. The number of benzene rings is 1. The van der Waals surface area contributed by atoms with Crippen LogP contribution >= 0.6 is 15.9 Å². The maximum Gasteiger partial charge on any atom is 0.140 e. The lowest BCUT2D eigenvalue weighted by Crippen LogP contribution is -2.14. The molecule has 18 heavy (non-hydrogen) atoms. The number of halogens is 2. The molecule has 2 atom stereocenters. The van der Waals surface area contributed by atoms with Gasteiger partial charge in [-0.3, -0.25) is 4.79 Å². The summed E-state index contributed by atoms with van der Waals surface area (Å²) in [5.74, 6) is 0.878. The predicted molar refractivity (Wildman–Crippen MR) is 73.9 cm³/mol. The summed E-state index contributed by atoms with van der Waals surface area (Å²) in [6, 6.07) is 4.69. The first-order valence-electron chi connectivity index (χ1n) is 6.56. The van der Waals surface area contributed by atoms with Crippen molar-refractivity contribution in [3.63, 3.8) is 0 Å². The summed E-state index contributed by atoms with van der Waals surface area (Å²) in [6.45, 7) is 2.18. The summed E-state index contributed by atoms with van der Waals surface area (Å²) in [5, 5.41) is 0. The fourth-order valence-electron chi connectivity index (χ4n) is 2.80. The Morgan fingerprint density at radius 3 is 2.78 bits per heavy atom. The highest BCUT2D eigenvalue weighted by atomic mass is 79.9. The number of hydrogen-bond donors (Lipinski definition) is 0. The second kappa shape index (κ2) is 5.96. The number of Topliss-reactive ketones (excluding diaryl/α,β-unsaturated/α-hetero) is 1. The second-order valence-corrected chi connectivity index (χ2v) is 6.12. The molecule has 1 aliphatic carbocycles. The molecular weight excluding hydrogens is 295 g/mol. The van der Waals surface area contributed by atoms with E-state index in [-0.39, 0.29) is 17.5 Å². The zero-order valence-electron chi connectivity index (χ0n) is 10.6. The van der Waals surface area contributed by atoms with E-state index in [1.54, 1.807) is 0 Å². The van der Waals surface area contributed by atoms with E-state index in [1.165, 1.54) is 18.6 Å². The van der Waals surface area contributed by atoms with E-state index >= 15 is 0 Å². The van der Waals surface area contributed by atoms with Gasteiger partial charge < -0.3 is 0 Å². The summed E-state index contributed by atoms with van der Waals surface area (Å²) in [7, 11) is 0. The van der Waals surface area contributed by atoms with Crippen molar-refractivity contribution >= 4 is 21.7 Å². The molecule has 0 bridgehead atoms. The van der Waals surface area contributed by atoms with E-state index in [1.807, 2.05) is 6.07 Å². The van der Waals surface area contributed by atoms with Gasteiger partial charge in [0.25, 0.3) is 0 Å². The van der Waals surface area contributed by atoms with Crippen molar-refractivity contribution in [2.45, 2.75) is 39.0 Å². The largest absolute Gasteiger partial charge is 0.299 e. The molecule has 0 aliphatic heterocycles. The molecule has 1 aromatic rings. The Kier molecular flexibility index (Phi) is 4.55. The third-order valence-corrected chi connectivity index (χ3v) is 4.33. The standard InChI is InChI=1S/C15H18BrFO/c1-2-10-3-4-12(5-10)15(18)8-11-6-13(16)9-14(17)7-11/h6-7,9-10,12H,2-5,8H2,1H3. The maximum absolute atomic E-state index is 13.2. The van der Waals surface area contributed by atoms with Crippen LogP contribution in [-0.4, -0.2) is 5.78 Å². The van der Waals surface area contributed by atoms with Gasteiger partial charge in [0.05, 0.1) is 0 Å². The van der Waals surface area contributed by atoms with E-state index in [4.69, 9.17) is 0 Å². The van der Waals surface area contributed by atoms with Crippen LogP contribution in [0.3, 0.4) is 0 Å². The Balaban J connectivity index is 1.99. The van der Waals surface area contributed by atoms with E-state index in [0.717, 1.165) is 24.8 Å². The lowest BCUT2D eigenvalue weighted by molar-refractivity contribution is -0.122. The number of rotatable bonds is 4. The summed E-state index contributed by atoms with van der Waals surface area (Å²) in [6.07, 6.45) is 4.71. The molecule has 1 nitrogen and oxygen atoms in total. The summed E-state index contributed by atoms with van der Waals surface area (Å²) < 4.78 is 13.9. The number of carbonyl (C=O) groups excluding carboxylic acids is 1. The Morgan fingerprint density at radius 1 is 1.39 bits per heavy atom. The van der Waals surface area contributed by atoms with Crippen LogP contribution in [0.15, 0.2) is 22.7 Å². The molecule has 0 N–H and O–H groups in total. The topological polar surface area (TPSA) is 17.1 Å². The monoisotopic (exact) mass is 312 g/mol. The Bertz CT molecular complexity index is 424. The first kappa shape index (κ1) is 13.7. The van der Waals surface area contributed by atoms with Crippen LogP contribution in [0.25, 0.3) is 0 Å². The molecule has 1 saturated carbocycles. The Labute approximate surface area is 116 Å². The van der Waals surface area contributed by atoms with Gasteiger partial charge in [0.2, 0.25) is 0 Å². The molecule has 98 valence electrons. The molecule has 0 aromatic heterocycles. The number of hydrogen-bond acceptors (Lipinski definition) is 1. The van der Waals surface area contributed by atoms with Crippen LogP contribution in [0.4, 0.5) is 4.39 Å². The van der Waals surface area contributed by atoms with Gasteiger partial charge in [-0.2, -0.15) is 0 Å². The molecular formula is C15H18BrFO. The Hall–Kier alpha value is -0.700. The lowest BCUT2D eigenvalue weighted by atomic mass is 9.95. The minimum absolute atomic E-state index is 0.192. The minimum Gasteiger partial charge on any atom is -0.299 e. The molecule has 0 saturated heterocycles. The third kappa shape index (κ3) is 3.41. The number of carbonyl (C=O) groups is 1. The highest BCUT2D eigenvalue weighted by molar-refractivity contribution is 9.10. The fourth-order valence-corrected chi connectivity index (χ4v) is 3.31. The van der Waals surface area contributed by atoms with Crippen molar-refractivity contribution in [2.75, 3.05) is 0 Å². The van der Waals surface area contributed by atoms with E-state index < -0.39 is 0 Å². The fraction of sp³-hybridized carbons (Fsp3) is 0.533. The van der Waals surface area contributed by atoms with Crippen molar-refractivity contribution in [3.8, 4) is 0 Å². The predicted octanol–water partition coefficient (Wildman–Crippen LogP) is 4.53. The molecule has 0 radical (unpaired) electrons. The molecule has 0 amide bonds. The smallest absolute Gasteiger partial charge is 0.140 e. The van der Waals surface area contributed by atoms with Gasteiger partial charge in [0.15, 0.2) is 0 Å². The van der Waals surface area contributed by atoms with Crippen LogP contribution in [-0.2, 0) is 11.2 Å². The van der Waals surface area contributed by atoms with Gasteiger partial charge in [-0.25, -0.2) is 4.39 Å². The van der Waals surface area contributed by atoms with E-state index in [9.17, 15) is 9.18 Å². The minimum atomic E-state index is -0.287. The molecule has 0 heterocycles. The van der Waals surface area contributed by atoms with Crippen molar-refractivity contribution in [3.05, 3.63) is 34.1 Å². The van der Waals surface area contributed by atoms with Crippen LogP contribution in [0.1, 0.15) is 38.2 Å². The van der Waals surface area contributed by atoms with Gasteiger partial charge >= 0.3 is 0 Å². The SMILES string of the molecule is CCC1CCC(C(=O)Cc2cc(F)cc(Br)c2)C1. The van der Waals surface area contributed by atoms with Gasteiger partial charge in [-0.1, -0.05) is 29.3 Å². The summed E-state index contributed by atoms with van der Waals surface area (Å²) >= 11 is 3.26. The van der Waals surface area contributed by atoms with Gasteiger partial charge in [-0.15, -0.1) is 0 Å². The molecule has 3 heteroatoms. The first-order chi connectivity index (χ1) is 8.58. The molecule has 2 unspecified atom stereocenters. The zero-order valence-corrected chi connectivity index (χ0v) is 12.2. The maximum atomic E-state index is 13.2. The van der Waals surface area contributed by atoms with Crippen molar-refractivity contribution in [1.82, 2.24) is 0 Å². The first-order valence-corrected chi connectivity index (χ1v) is 7.35. The molecule has 1 aliphatic rings. The molecule has 1 aromatic carbocycles. The van der Waals surface area contributed by atoms with Gasteiger partial charge in [0.1, 0.15) is 11.6 Å². The molecule has 2 rings (SSSR count). The average Bonchev–Trinajstić information content (AvgIpc) is 2.75. The van der Waals surface area contributed by atoms with Gasteiger partial charge in [0, 0.05) is 16.8 Å². The third-order valence-electron chi connectivity index (χ3n) is 3.87. The van der Waals surface area contributed by atoms with Crippen LogP contribution < -0.4 is 0 Å².